The maximum Gasteiger partial charge on any atom is 0.191 e. The molecule has 0 radical (unpaired) electrons. The predicted octanol–water partition coefficient (Wildman–Crippen LogP) is 1.35. The lowest BCUT2D eigenvalue weighted by atomic mass is 10.2. The largest absolute Gasteiger partial charge is 0.356 e. The lowest BCUT2D eigenvalue weighted by Crippen LogP contribution is -2.41. The van der Waals surface area contributed by atoms with Crippen LogP contribution in [0, 0.1) is 5.92 Å². The molecule has 0 fully saturated rings. The van der Waals surface area contributed by atoms with Gasteiger partial charge in [-0.25, -0.2) is 0 Å². The SMILES string of the molecule is CN=C(NCCS(=O)C(C)(C)C)NCC(C)C. The Hall–Kier alpha value is -0.580. The van der Waals surface area contributed by atoms with Crippen molar-refractivity contribution >= 4 is 16.8 Å². The number of aliphatic imine (C=N–C) groups is 1. The van der Waals surface area contributed by atoms with Crippen LogP contribution < -0.4 is 10.6 Å². The normalized spacial score (nSPS) is 14.9. The van der Waals surface area contributed by atoms with Crippen LogP contribution in [0.4, 0.5) is 0 Å². The summed E-state index contributed by atoms with van der Waals surface area (Å²) < 4.78 is 11.7. The predicted molar refractivity (Wildman–Crippen MR) is 77.0 cm³/mol. The van der Waals surface area contributed by atoms with Gasteiger partial charge in [-0.3, -0.25) is 9.20 Å². The van der Waals surface area contributed by atoms with Gasteiger partial charge in [0.1, 0.15) is 0 Å². The Morgan fingerprint density at radius 1 is 1.29 bits per heavy atom. The molecule has 0 aromatic carbocycles. The fourth-order valence-electron chi connectivity index (χ4n) is 1.09. The van der Waals surface area contributed by atoms with E-state index in [1.54, 1.807) is 7.05 Å². The van der Waals surface area contributed by atoms with Crippen molar-refractivity contribution in [1.82, 2.24) is 10.6 Å². The molecule has 0 aromatic heterocycles. The Morgan fingerprint density at radius 3 is 2.29 bits per heavy atom. The Kier molecular flexibility index (Phi) is 7.43. The molecular weight excluding hydrogens is 234 g/mol. The molecule has 102 valence electrons. The fraction of sp³-hybridized carbons (Fsp3) is 0.917. The Labute approximate surface area is 108 Å². The van der Waals surface area contributed by atoms with Gasteiger partial charge in [-0.15, -0.1) is 0 Å². The van der Waals surface area contributed by atoms with Crippen molar-refractivity contribution in [3.05, 3.63) is 0 Å². The van der Waals surface area contributed by atoms with Gasteiger partial charge in [-0.1, -0.05) is 13.8 Å². The van der Waals surface area contributed by atoms with Gasteiger partial charge in [0.05, 0.1) is 0 Å². The molecule has 0 saturated heterocycles. The van der Waals surface area contributed by atoms with Crippen LogP contribution in [-0.2, 0) is 10.8 Å². The van der Waals surface area contributed by atoms with E-state index >= 15 is 0 Å². The van der Waals surface area contributed by atoms with Gasteiger partial charge >= 0.3 is 0 Å². The molecule has 0 saturated carbocycles. The Balaban J connectivity index is 3.90. The van der Waals surface area contributed by atoms with Crippen LogP contribution in [0.3, 0.4) is 0 Å². The van der Waals surface area contributed by atoms with Crippen LogP contribution in [0.1, 0.15) is 34.6 Å². The minimum atomic E-state index is -0.814. The molecule has 17 heavy (non-hydrogen) atoms. The first-order valence-corrected chi connectivity index (χ1v) is 7.42. The number of nitrogens with one attached hydrogen (secondary N) is 2. The van der Waals surface area contributed by atoms with E-state index in [1.165, 1.54) is 0 Å². The van der Waals surface area contributed by atoms with Gasteiger partial charge in [0.2, 0.25) is 0 Å². The van der Waals surface area contributed by atoms with Gasteiger partial charge in [0.25, 0.3) is 0 Å². The Morgan fingerprint density at radius 2 is 1.88 bits per heavy atom. The van der Waals surface area contributed by atoms with Crippen molar-refractivity contribution in [2.75, 3.05) is 25.9 Å². The Bertz CT molecular complexity index is 269. The standard InChI is InChI=1S/C12H27N3OS/c1-10(2)9-15-11(13-6)14-7-8-17(16)12(3,4)5/h10H,7-9H2,1-6H3,(H2,13,14,15). The first-order chi connectivity index (χ1) is 7.77. The van der Waals surface area contributed by atoms with Crippen LogP contribution >= 0.6 is 0 Å². The summed E-state index contributed by atoms with van der Waals surface area (Å²) in [5.41, 5.74) is 0. The van der Waals surface area contributed by atoms with Gasteiger partial charge in [0.15, 0.2) is 5.96 Å². The average molecular weight is 261 g/mol. The first kappa shape index (κ1) is 16.4. The summed E-state index contributed by atoms with van der Waals surface area (Å²) in [5, 5.41) is 6.39. The highest BCUT2D eigenvalue weighted by molar-refractivity contribution is 7.86. The van der Waals surface area contributed by atoms with Crippen LogP contribution in [0.15, 0.2) is 4.99 Å². The summed E-state index contributed by atoms with van der Waals surface area (Å²) in [7, 11) is 0.933. The number of guanidine groups is 1. The monoisotopic (exact) mass is 261 g/mol. The van der Waals surface area contributed by atoms with Crippen molar-refractivity contribution < 1.29 is 4.21 Å². The molecule has 1 atom stereocenters. The van der Waals surface area contributed by atoms with E-state index in [4.69, 9.17) is 0 Å². The number of rotatable bonds is 5. The first-order valence-electron chi connectivity index (χ1n) is 6.10. The van der Waals surface area contributed by atoms with E-state index in [-0.39, 0.29) is 4.75 Å². The lowest BCUT2D eigenvalue weighted by molar-refractivity contribution is 0.615. The van der Waals surface area contributed by atoms with Gasteiger partial charge < -0.3 is 10.6 Å². The zero-order valence-electron chi connectivity index (χ0n) is 12.0. The maximum absolute atomic E-state index is 11.8. The maximum atomic E-state index is 11.8. The zero-order chi connectivity index (χ0) is 13.5. The van der Waals surface area contributed by atoms with Gasteiger partial charge in [-0.05, 0) is 26.7 Å². The molecule has 0 aliphatic heterocycles. The topological polar surface area (TPSA) is 53.5 Å². The second-order valence-corrected chi connectivity index (χ2v) is 7.76. The van der Waals surface area contributed by atoms with E-state index in [0.29, 0.717) is 18.2 Å². The smallest absolute Gasteiger partial charge is 0.191 e. The van der Waals surface area contributed by atoms with Crippen LogP contribution in [-0.4, -0.2) is 40.8 Å². The van der Waals surface area contributed by atoms with E-state index in [9.17, 15) is 4.21 Å². The summed E-state index contributed by atoms with van der Waals surface area (Å²) in [6.07, 6.45) is 0. The summed E-state index contributed by atoms with van der Waals surface area (Å²) in [6, 6.07) is 0. The van der Waals surface area contributed by atoms with E-state index in [1.807, 2.05) is 20.8 Å². The zero-order valence-corrected chi connectivity index (χ0v) is 12.8. The molecule has 0 amide bonds. The molecule has 1 unspecified atom stereocenters. The molecule has 2 N–H and O–H groups in total. The molecule has 5 heteroatoms. The fourth-order valence-corrected chi connectivity index (χ4v) is 1.99. The number of hydrogen-bond donors (Lipinski definition) is 2. The molecule has 0 heterocycles. The molecule has 0 aliphatic rings. The van der Waals surface area contributed by atoms with Gasteiger partial charge in [-0.2, -0.15) is 0 Å². The minimum Gasteiger partial charge on any atom is -0.356 e. The van der Waals surface area contributed by atoms with Crippen LogP contribution in [0.2, 0.25) is 0 Å². The third-order valence-corrected chi connectivity index (χ3v) is 4.11. The van der Waals surface area contributed by atoms with E-state index in [0.717, 1.165) is 12.5 Å². The van der Waals surface area contributed by atoms with Crippen molar-refractivity contribution in [3.63, 3.8) is 0 Å². The summed E-state index contributed by atoms with van der Waals surface area (Å²) in [5.74, 6) is 2.01. The third kappa shape index (κ3) is 8.18. The molecular formula is C12H27N3OS. The quantitative estimate of drug-likeness (QED) is 0.580. The molecule has 0 bridgehead atoms. The number of hydrogen-bond acceptors (Lipinski definition) is 2. The van der Waals surface area contributed by atoms with Crippen molar-refractivity contribution in [1.29, 1.82) is 0 Å². The highest BCUT2D eigenvalue weighted by Crippen LogP contribution is 2.10. The molecule has 0 rings (SSSR count). The minimum absolute atomic E-state index is 0.142. The van der Waals surface area contributed by atoms with E-state index < -0.39 is 10.8 Å². The highest BCUT2D eigenvalue weighted by atomic mass is 32.2. The molecule has 0 aromatic rings. The summed E-state index contributed by atoms with van der Waals surface area (Å²) >= 11 is 0. The number of nitrogens with zero attached hydrogens (tertiary/aromatic N) is 1. The second kappa shape index (κ2) is 7.69. The van der Waals surface area contributed by atoms with Crippen LogP contribution in [0.25, 0.3) is 0 Å². The second-order valence-electron chi connectivity index (χ2n) is 5.44. The summed E-state index contributed by atoms with van der Waals surface area (Å²) in [4.78, 5) is 4.11. The third-order valence-electron chi connectivity index (χ3n) is 2.16. The van der Waals surface area contributed by atoms with Crippen molar-refractivity contribution in [3.8, 4) is 0 Å². The van der Waals surface area contributed by atoms with Crippen molar-refractivity contribution in [2.24, 2.45) is 10.9 Å². The average Bonchev–Trinajstić information content (AvgIpc) is 2.21. The van der Waals surface area contributed by atoms with E-state index in [2.05, 4.69) is 29.5 Å². The molecule has 0 aliphatic carbocycles. The van der Waals surface area contributed by atoms with Crippen molar-refractivity contribution in [2.45, 2.75) is 39.4 Å². The van der Waals surface area contributed by atoms with Gasteiger partial charge in [0, 0.05) is 41.4 Å². The molecule has 0 spiro atoms. The van der Waals surface area contributed by atoms with Crippen LogP contribution in [0.5, 0.6) is 0 Å². The molecule has 4 nitrogen and oxygen atoms in total. The lowest BCUT2D eigenvalue weighted by Gasteiger charge is -2.18. The summed E-state index contributed by atoms with van der Waals surface area (Å²) in [6.45, 7) is 11.9. The highest BCUT2D eigenvalue weighted by Gasteiger charge is 2.18.